The minimum atomic E-state index is 0.0560. The van der Waals surface area contributed by atoms with Gasteiger partial charge in [0.25, 0.3) is 0 Å². The van der Waals surface area contributed by atoms with Gasteiger partial charge in [-0.05, 0) is 36.6 Å². The van der Waals surface area contributed by atoms with Gasteiger partial charge in [-0.15, -0.1) is 0 Å². The first kappa shape index (κ1) is 15.4. The molecule has 23 heavy (non-hydrogen) atoms. The van der Waals surface area contributed by atoms with Crippen LogP contribution >= 0.6 is 0 Å². The van der Waals surface area contributed by atoms with Gasteiger partial charge in [0.1, 0.15) is 13.2 Å². The number of aryl methyl sites for hydroxylation is 2. The molecule has 4 nitrogen and oxygen atoms in total. The summed E-state index contributed by atoms with van der Waals surface area (Å²) in [7, 11) is 0. The maximum absolute atomic E-state index is 12.0. The third-order valence-electron chi connectivity index (χ3n) is 3.86. The Bertz CT molecular complexity index is 680. The van der Waals surface area contributed by atoms with Crippen LogP contribution in [0.5, 0.6) is 11.5 Å². The zero-order chi connectivity index (χ0) is 16.1. The van der Waals surface area contributed by atoms with Crippen LogP contribution in [-0.4, -0.2) is 19.1 Å². The van der Waals surface area contributed by atoms with E-state index in [1.807, 2.05) is 30.3 Å². The topological polar surface area (TPSA) is 47.6 Å². The van der Waals surface area contributed by atoms with Crippen molar-refractivity contribution in [3.63, 3.8) is 0 Å². The standard InChI is InChI=1S/C19H21NO3/c1-14-2-4-16(5-3-14)13-20-19(21)9-7-15-6-8-17-18(12-15)23-11-10-22-17/h2-6,8,12H,7,9-11,13H2,1H3,(H,20,21). The van der Waals surface area contributed by atoms with Crippen LogP contribution in [0.25, 0.3) is 0 Å². The Balaban J connectivity index is 1.48. The summed E-state index contributed by atoms with van der Waals surface area (Å²) in [6.45, 7) is 3.79. The van der Waals surface area contributed by atoms with Crippen molar-refractivity contribution in [3.05, 3.63) is 59.2 Å². The summed E-state index contributed by atoms with van der Waals surface area (Å²) >= 11 is 0. The largest absolute Gasteiger partial charge is 0.486 e. The van der Waals surface area contributed by atoms with Crippen molar-refractivity contribution in [1.82, 2.24) is 5.32 Å². The lowest BCUT2D eigenvalue weighted by Gasteiger charge is -2.18. The second-order valence-electron chi connectivity index (χ2n) is 5.74. The molecule has 1 heterocycles. The molecule has 1 N–H and O–H groups in total. The Morgan fingerprint density at radius 2 is 1.70 bits per heavy atom. The van der Waals surface area contributed by atoms with E-state index in [9.17, 15) is 4.79 Å². The number of hydrogen-bond acceptors (Lipinski definition) is 3. The molecule has 0 spiro atoms. The van der Waals surface area contributed by atoms with Gasteiger partial charge >= 0.3 is 0 Å². The van der Waals surface area contributed by atoms with Gasteiger partial charge in [-0.25, -0.2) is 0 Å². The third-order valence-corrected chi connectivity index (χ3v) is 3.86. The maximum atomic E-state index is 12.0. The zero-order valence-electron chi connectivity index (χ0n) is 13.3. The number of amides is 1. The van der Waals surface area contributed by atoms with Crippen molar-refractivity contribution < 1.29 is 14.3 Å². The molecule has 0 atom stereocenters. The van der Waals surface area contributed by atoms with Gasteiger partial charge in [0.05, 0.1) is 0 Å². The Kier molecular flexibility index (Phi) is 4.81. The molecule has 1 aliphatic rings. The van der Waals surface area contributed by atoms with Gasteiger partial charge in [-0.2, -0.15) is 0 Å². The molecule has 1 aliphatic heterocycles. The average molecular weight is 311 g/mol. The number of nitrogens with one attached hydrogen (secondary N) is 1. The third kappa shape index (κ3) is 4.25. The molecule has 0 saturated carbocycles. The van der Waals surface area contributed by atoms with Gasteiger partial charge < -0.3 is 14.8 Å². The van der Waals surface area contributed by atoms with Crippen LogP contribution in [0.15, 0.2) is 42.5 Å². The van der Waals surface area contributed by atoms with Crippen LogP contribution in [0, 0.1) is 6.92 Å². The first-order valence-corrected chi connectivity index (χ1v) is 7.91. The molecule has 3 rings (SSSR count). The lowest BCUT2D eigenvalue weighted by atomic mass is 10.1. The molecule has 0 fully saturated rings. The molecule has 0 radical (unpaired) electrons. The van der Waals surface area contributed by atoms with Crippen molar-refractivity contribution in [1.29, 1.82) is 0 Å². The second-order valence-corrected chi connectivity index (χ2v) is 5.74. The van der Waals surface area contributed by atoms with Crippen molar-refractivity contribution in [2.45, 2.75) is 26.3 Å². The monoisotopic (exact) mass is 311 g/mol. The SMILES string of the molecule is Cc1ccc(CNC(=O)CCc2ccc3c(c2)OCCO3)cc1. The maximum Gasteiger partial charge on any atom is 0.220 e. The van der Waals surface area contributed by atoms with E-state index >= 15 is 0 Å². The number of rotatable bonds is 5. The molecule has 2 aromatic carbocycles. The summed E-state index contributed by atoms with van der Waals surface area (Å²) < 4.78 is 11.1. The molecule has 4 heteroatoms. The quantitative estimate of drug-likeness (QED) is 0.923. The fraction of sp³-hybridized carbons (Fsp3) is 0.316. The van der Waals surface area contributed by atoms with E-state index in [2.05, 4.69) is 24.4 Å². The summed E-state index contributed by atoms with van der Waals surface area (Å²) in [4.78, 5) is 12.0. The minimum absolute atomic E-state index is 0.0560. The molecule has 0 aromatic heterocycles. The smallest absolute Gasteiger partial charge is 0.220 e. The van der Waals surface area contributed by atoms with Gasteiger partial charge in [-0.1, -0.05) is 35.9 Å². The molecule has 0 aliphatic carbocycles. The van der Waals surface area contributed by atoms with Crippen LogP contribution in [0.4, 0.5) is 0 Å². The van der Waals surface area contributed by atoms with E-state index in [0.29, 0.717) is 32.6 Å². The van der Waals surface area contributed by atoms with E-state index < -0.39 is 0 Å². The fourth-order valence-electron chi connectivity index (χ4n) is 2.50. The van der Waals surface area contributed by atoms with Crippen LogP contribution < -0.4 is 14.8 Å². The first-order chi connectivity index (χ1) is 11.2. The molecular weight excluding hydrogens is 290 g/mol. The number of ether oxygens (including phenoxy) is 2. The summed E-state index contributed by atoms with van der Waals surface area (Å²) in [6, 6.07) is 14.0. The molecular formula is C19H21NO3. The molecule has 1 amide bonds. The predicted octanol–water partition coefficient (Wildman–Crippen LogP) is 3.02. The van der Waals surface area contributed by atoms with E-state index in [1.54, 1.807) is 0 Å². The van der Waals surface area contributed by atoms with E-state index in [1.165, 1.54) is 5.56 Å². The van der Waals surface area contributed by atoms with Crippen molar-refractivity contribution in [2.75, 3.05) is 13.2 Å². The lowest BCUT2D eigenvalue weighted by Crippen LogP contribution is -2.23. The summed E-state index contributed by atoms with van der Waals surface area (Å²) in [6.07, 6.45) is 1.15. The summed E-state index contributed by atoms with van der Waals surface area (Å²) in [5.41, 5.74) is 3.42. The molecule has 120 valence electrons. The average Bonchev–Trinajstić information content (AvgIpc) is 2.59. The fourth-order valence-corrected chi connectivity index (χ4v) is 2.50. The van der Waals surface area contributed by atoms with Crippen molar-refractivity contribution in [2.24, 2.45) is 0 Å². The normalized spacial score (nSPS) is 12.7. The molecule has 0 unspecified atom stereocenters. The number of hydrogen-bond donors (Lipinski definition) is 1. The Hall–Kier alpha value is -2.49. The van der Waals surface area contributed by atoms with Gasteiger partial charge in [0, 0.05) is 13.0 Å². The minimum Gasteiger partial charge on any atom is -0.486 e. The number of benzene rings is 2. The van der Waals surface area contributed by atoms with Crippen LogP contribution in [-0.2, 0) is 17.8 Å². The first-order valence-electron chi connectivity index (χ1n) is 7.91. The Morgan fingerprint density at radius 3 is 2.48 bits per heavy atom. The lowest BCUT2D eigenvalue weighted by molar-refractivity contribution is -0.121. The highest BCUT2D eigenvalue weighted by Gasteiger charge is 2.12. The van der Waals surface area contributed by atoms with E-state index in [0.717, 1.165) is 22.6 Å². The van der Waals surface area contributed by atoms with Crippen LogP contribution in [0.3, 0.4) is 0 Å². The summed E-state index contributed by atoms with van der Waals surface area (Å²) in [5.74, 6) is 1.61. The highest BCUT2D eigenvalue weighted by atomic mass is 16.6. The second kappa shape index (κ2) is 7.18. The highest BCUT2D eigenvalue weighted by molar-refractivity contribution is 5.76. The van der Waals surface area contributed by atoms with Crippen LogP contribution in [0.1, 0.15) is 23.1 Å². The van der Waals surface area contributed by atoms with Gasteiger partial charge in [0.2, 0.25) is 5.91 Å². The zero-order valence-corrected chi connectivity index (χ0v) is 13.3. The Morgan fingerprint density at radius 1 is 1.00 bits per heavy atom. The molecule has 2 aromatic rings. The van der Waals surface area contributed by atoms with E-state index in [-0.39, 0.29) is 5.91 Å². The number of carbonyl (C=O) groups is 1. The predicted molar refractivity (Wildman–Crippen MR) is 88.8 cm³/mol. The summed E-state index contributed by atoms with van der Waals surface area (Å²) in [5, 5.41) is 2.96. The number of fused-ring (bicyclic) bond motifs is 1. The molecule has 0 saturated heterocycles. The molecule has 0 bridgehead atoms. The van der Waals surface area contributed by atoms with Gasteiger partial charge in [-0.3, -0.25) is 4.79 Å². The van der Waals surface area contributed by atoms with E-state index in [4.69, 9.17) is 9.47 Å². The Labute approximate surface area is 136 Å². The van der Waals surface area contributed by atoms with Gasteiger partial charge in [0.15, 0.2) is 11.5 Å². The van der Waals surface area contributed by atoms with Crippen molar-refractivity contribution >= 4 is 5.91 Å². The van der Waals surface area contributed by atoms with Crippen LogP contribution in [0.2, 0.25) is 0 Å². The van der Waals surface area contributed by atoms with Crippen molar-refractivity contribution in [3.8, 4) is 11.5 Å². The highest BCUT2D eigenvalue weighted by Crippen LogP contribution is 2.31. The number of carbonyl (C=O) groups excluding carboxylic acids is 1.